The predicted octanol–water partition coefficient (Wildman–Crippen LogP) is 1.99. The second-order valence-corrected chi connectivity index (χ2v) is 12.0. The number of ether oxygens (including phenoxy) is 1. The van der Waals surface area contributed by atoms with Gasteiger partial charge in [0, 0.05) is 17.5 Å². The second kappa shape index (κ2) is 11.3. The van der Waals surface area contributed by atoms with Crippen LogP contribution < -0.4 is 15.8 Å². The molecular weight excluding hydrogens is 536 g/mol. The molecule has 0 spiro atoms. The Labute approximate surface area is 226 Å². The second-order valence-electron chi connectivity index (χ2n) is 9.84. The number of amides is 4. The van der Waals surface area contributed by atoms with E-state index in [4.69, 9.17) is 22.1 Å². The molecular formula is C25H31ClN4O7S. The molecule has 2 aliphatic heterocycles. The number of rotatable bonds is 4. The van der Waals surface area contributed by atoms with Gasteiger partial charge in [-0.15, -0.1) is 0 Å². The molecule has 1 aromatic rings. The Hall–Kier alpha value is -3.12. The third-order valence-corrected chi connectivity index (χ3v) is 8.79. The van der Waals surface area contributed by atoms with Crippen LogP contribution >= 0.6 is 11.6 Å². The maximum Gasteiger partial charge on any atom is 0.405 e. The Morgan fingerprint density at radius 3 is 2.55 bits per heavy atom. The molecule has 13 heteroatoms. The van der Waals surface area contributed by atoms with Gasteiger partial charge in [-0.2, -0.15) is 0 Å². The van der Waals surface area contributed by atoms with Gasteiger partial charge >= 0.3 is 6.09 Å². The summed E-state index contributed by atoms with van der Waals surface area (Å²) in [7, 11) is -4.22. The number of nitrogens with zero attached hydrogens (tertiary/aromatic N) is 1. The highest BCUT2D eigenvalue weighted by Crippen LogP contribution is 2.45. The molecule has 4 atom stereocenters. The summed E-state index contributed by atoms with van der Waals surface area (Å²) in [5.41, 5.74) is 3.71. The van der Waals surface area contributed by atoms with Crippen LogP contribution in [0.25, 0.3) is 0 Å². The Balaban J connectivity index is 1.58. The van der Waals surface area contributed by atoms with Crippen LogP contribution in [0.5, 0.6) is 0 Å². The minimum absolute atomic E-state index is 0.143. The first-order valence-electron chi connectivity index (χ1n) is 12.6. The Bertz CT molecular complexity index is 1240. The number of carbonyl (C=O) groups excluding carboxylic acids is 4. The van der Waals surface area contributed by atoms with E-state index in [0.717, 1.165) is 12.8 Å². The highest BCUT2D eigenvalue weighted by molar-refractivity contribution is 7.90. The number of hydrogen-bond acceptors (Lipinski definition) is 7. The van der Waals surface area contributed by atoms with E-state index in [1.54, 1.807) is 0 Å². The third-order valence-electron chi connectivity index (χ3n) is 7.20. The van der Waals surface area contributed by atoms with Gasteiger partial charge in [-0.1, -0.05) is 30.2 Å². The minimum atomic E-state index is -4.22. The summed E-state index contributed by atoms with van der Waals surface area (Å²) in [6, 6.07) is 4.46. The molecule has 11 nitrogen and oxygen atoms in total. The average Bonchev–Trinajstić information content (AvgIpc) is 3.31. The number of primary amides is 1. The molecule has 1 saturated heterocycles. The number of fused-ring (bicyclic) bond motifs is 2. The highest BCUT2D eigenvalue weighted by atomic mass is 35.5. The molecule has 38 heavy (non-hydrogen) atoms. The number of sulfonamides is 1. The van der Waals surface area contributed by atoms with Gasteiger partial charge in [0.25, 0.3) is 21.8 Å². The first kappa shape index (κ1) is 27.9. The third kappa shape index (κ3) is 6.12. The van der Waals surface area contributed by atoms with Gasteiger partial charge in [-0.25, -0.2) is 17.9 Å². The number of nitrogens with one attached hydrogen (secondary N) is 2. The molecule has 1 saturated carbocycles. The van der Waals surface area contributed by atoms with Crippen molar-refractivity contribution in [2.24, 2.45) is 11.7 Å². The zero-order chi connectivity index (χ0) is 27.5. The van der Waals surface area contributed by atoms with Crippen molar-refractivity contribution in [2.45, 2.75) is 73.9 Å². The van der Waals surface area contributed by atoms with Crippen molar-refractivity contribution in [3.8, 4) is 0 Å². The Morgan fingerprint density at radius 2 is 1.84 bits per heavy atom. The van der Waals surface area contributed by atoms with Crippen molar-refractivity contribution >= 4 is 45.4 Å². The van der Waals surface area contributed by atoms with Crippen LogP contribution in [0.4, 0.5) is 4.79 Å². The number of halogens is 1. The van der Waals surface area contributed by atoms with Crippen LogP contribution in [0.3, 0.4) is 0 Å². The lowest BCUT2D eigenvalue weighted by atomic mass is 10.1. The van der Waals surface area contributed by atoms with E-state index in [1.165, 1.54) is 29.2 Å². The fourth-order valence-corrected chi connectivity index (χ4v) is 6.23. The average molecular weight is 567 g/mol. The Morgan fingerprint density at radius 1 is 1.11 bits per heavy atom. The van der Waals surface area contributed by atoms with Crippen LogP contribution in [-0.2, 0) is 29.1 Å². The van der Waals surface area contributed by atoms with E-state index < -0.39 is 57.4 Å². The maximum absolute atomic E-state index is 13.4. The summed E-state index contributed by atoms with van der Waals surface area (Å²) in [5.74, 6) is -2.34. The van der Waals surface area contributed by atoms with Crippen molar-refractivity contribution in [1.29, 1.82) is 0 Å². The van der Waals surface area contributed by atoms with Gasteiger partial charge in [0.1, 0.15) is 11.6 Å². The molecule has 4 rings (SSSR count). The Kier molecular flexibility index (Phi) is 8.31. The molecule has 2 heterocycles. The molecule has 206 valence electrons. The zero-order valence-corrected chi connectivity index (χ0v) is 22.3. The van der Waals surface area contributed by atoms with Crippen molar-refractivity contribution in [3.05, 3.63) is 41.4 Å². The zero-order valence-electron chi connectivity index (χ0n) is 20.7. The van der Waals surface area contributed by atoms with Gasteiger partial charge in [0.05, 0.1) is 4.90 Å². The summed E-state index contributed by atoms with van der Waals surface area (Å²) in [6.07, 6.45) is 5.84. The van der Waals surface area contributed by atoms with Crippen LogP contribution in [-0.4, -0.2) is 61.4 Å². The topological polar surface area (TPSA) is 165 Å². The molecule has 0 bridgehead atoms. The molecule has 0 aromatic heterocycles. The van der Waals surface area contributed by atoms with Gasteiger partial charge in [-0.3, -0.25) is 14.4 Å². The molecule has 4 N–H and O–H groups in total. The number of benzene rings is 1. The first-order valence-corrected chi connectivity index (χ1v) is 14.5. The lowest BCUT2D eigenvalue weighted by molar-refractivity contribution is -0.146. The van der Waals surface area contributed by atoms with Crippen molar-refractivity contribution in [3.63, 3.8) is 0 Å². The van der Waals surface area contributed by atoms with Gasteiger partial charge in [-0.05, 0) is 69.2 Å². The van der Waals surface area contributed by atoms with E-state index in [-0.39, 0.29) is 24.3 Å². The summed E-state index contributed by atoms with van der Waals surface area (Å²) in [5, 5.41) is 3.10. The lowest BCUT2D eigenvalue weighted by Crippen LogP contribution is -2.57. The van der Waals surface area contributed by atoms with E-state index >= 15 is 0 Å². The maximum atomic E-state index is 13.4. The van der Waals surface area contributed by atoms with Crippen molar-refractivity contribution in [2.75, 3.05) is 6.54 Å². The SMILES string of the molecule is NC(=O)OC1CCCCCC=CC2CC2(C(=O)NS(=O)(=O)c2ccc(Cl)cc2)NC(=O)C2CCCN2C1=O. The summed E-state index contributed by atoms with van der Waals surface area (Å²) in [6.45, 7) is 0.281. The number of hydrogen-bond donors (Lipinski definition) is 3. The molecule has 4 amide bonds. The quantitative estimate of drug-likeness (QED) is 0.469. The minimum Gasteiger partial charge on any atom is -0.436 e. The predicted molar refractivity (Wildman–Crippen MR) is 137 cm³/mol. The summed E-state index contributed by atoms with van der Waals surface area (Å²) in [4.78, 5) is 52.7. The van der Waals surface area contributed by atoms with Crippen LogP contribution in [0.15, 0.2) is 41.3 Å². The van der Waals surface area contributed by atoms with Crippen LogP contribution in [0.1, 0.15) is 51.4 Å². The smallest absolute Gasteiger partial charge is 0.405 e. The fraction of sp³-hybridized carbons (Fsp3) is 0.520. The van der Waals surface area contributed by atoms with E-state index in [0.29, 0.717) is 30.7 Å². The van der Waals surface area contributed by atoms with Crippen molar-refractivity contribution in [1.82, 2.24) is 14.9 Å². The van der Waals surface area contributed by atoms with Gasteiger partial charge in [0.15, 0.2) is 6.10 Å². The number of allylic oxidation sites excluding steroid dienone is 1. The highest BCUT2D eigenvalue weighted by Gasteiger charge is 2.61. The molecule has 0 radical (unpaired) electrons. The van der Waals surface area contributed by atoms with Crippen LogP contribution in [0.2, 0.25) is 5.02 Å². The standard InChI is InChI=1S/C25H31ClN4O7S/c26-17-10-12-18(13-11-17)38(35,36)29-23(33)25-15-16(25)7-4-2-1-3-5-9-20(37-24(27)34)22(32)30-14-6-8-19(30)21(31)28-25/h4,7,10-13,16,19-20H,1-3,5-6,8-9,14-15H2,(H2,27,34)(H,28,31)(H,29,33). The first-order chi connectivity index (χ1) is 18.0. The summed E-state index contributed by atoms with van der Waals surface area (Å²) < 4.78 is 32.9. The lowest BCUT2D eigenvalue weighted by Gasteiger charge is -2.29. The fourth-order valence-electron chi connectivity index (χ4n) is 5.06. The summed E-state index contributed by atoms with van der Waals surface area (Å²) >= 11 is 5.85. The van der Waals surface area contributed by atoms with E-state index in [1.807, 2.05) is 12.2 Å². The normalized spacial score (nSPS) is 28.2. The molecule has 1 aromatic carbocycles. The monoisotopic (exact) mass is 566 g/mol. The molecule has 1 aliphatic carbocycles. The number of carbonyl (C=O) groups is 4. The van der Waals surface area contributed by atoms with Crippen LogP contribution in [0, 0.1) is 5.92 Å². The van der Waals surface area contributed by atoms with Gasteiger partial charge in [0.2, 0.25) is 5.91 Å². The molecule has 2 fully saturated rings. The van der Waals surface area contributed by atoms with E-state index in [2.05, 4.69) is 10.0 Å². The largest absolute Gasteiger partial charge is 0.436 e. The number of nitrogens with two attached hydrogens (primary N) is 1. The van der Waals surface area contributed by atoms with E-state index in [9.17, 15) is 27.6 Å². The van der Waals surface area contributed by atoms with Crippen molar-refractivity contribution < 1.29 is 32.3 Å². The molecule has 3 aliphatic rings. The molecule has 4 unspecified atom stereocenters. The van der Waals surface area contributed by atoms with Gasteiger partial charge < -0.3 is 20.7 Å².